The van der Waals surface area contributed by atoms with Gasteiger partial charge < -0.3 is 14.3 Å². The zero-order chi connectivity index (χ0) is 15.6. The molecule has 0 fully saturated rings. The molecule has 2 rings (SSSR count). The molecule has 0 atom stereocenters. The highest BCUT2D eigenvalue weighted by Gasteiger charge is 2.22. The maximum atomic E-state index is 11.3. The summed E-state index contributed by atoms with van der Waals surface area (Å²) in [5, 5.41) is 9.24. The Morgan fingerprint density at radius 1 is 1.48 bits per heavy atom. The van der Waals surface area contributed by atoms with Crippen LogP contribution in [-0.2, 0) is 6.42 Å². The highest BCUT2D eigenvalue weighted by Crippen LogP contribution is 2.33. The summed E-state index contributed by atoms with van der Waals surface area (Å²) < 4.78 is 11.6. The Kier molecular flexibility index (Phi) is 4.67. The Hall–Kier alpha value is -1.82. The molecule has 0 bridgehead atoms. The summed E-state index contributed by atoms with van der Waals surface area (Å²) >= 11 is 3.36. The largest absolute Gasteiger partial charge is 0.496 e. The second-order valence-corrected chi connectivity index (χ2v) is 5.96. The number of oxazole rings is 1. The number of methoxy groups -OCH3 is 1. The van der Waals surface area contributed by atoms with Gasteiger partial charge >= 0.3 is 5.97 Å². The lowest BCUT2D eigenvalue weighted by Crippen LogP contribution is -2.03. The van der Waals surface area contributed by atoms with Crippen molar-refractivity contribution in [3.8, 4) is 17.2 Å². The van der Waals surface area contributed by atoms with E-state index in [9.17, 15) is 9.90 Å². The number of carboxylic acid groups (broad SMARTS) is 1. The molecule has 5 nitrogen and oxygen atoms in total. The fourth-order valence-electron chi connectivity index (χ4n) is 2.00. The summed E-state index contributed by atoms with van der Waals surface area (Å²) in [5.74, 6) is -0.108. The third-order valence-electron chi connectivity index (χ3n) is 2.89. The zero-order valence-electron chi connectivity index (χ0n) is 12.0. The summed E-state index contributed by atoms with van der Waals surface area (Å²) in [6.45, 7) is 4.00. The highest BCUT2D eigenvalue weighted by atomic mass is 79.9. The van der Waals surface area contributed by atoms with Crippen LogP contribution in [0.5, 0.6) is 5.75 Å². The van der Waals surface area contributed by atoms with E-state index in [1.165, 1.54) is 0 Å². The van der Waals surface area contributed by atoms with E-state index in [1.807, 2.05) is 19.9 Å². The normalized spacial score (nSPS) is 10.9. The third kappa shape index (κ3) is 3.44. The van der Waals surface area contributed by atoms with Gasteiger partial charge in [0, 0.05) is 4.47 Å². The number of aromatic nitrogens is 1. The van der Waals surface area contributed by atoms with Crippen LogP contribution in [0.25, 0.3) is 11.5 Å². The molecule has 0 aliphatic heterocycles. The molecule has 0 radical (unpaired) electrons. The van der Waals surface area contributed by atoms with Crippen molar-refractivity contribution in [1.82, 2.24) is 4.98 Å². The van der Waals surface area contributed by atoms with E-state index >= 15 is 0 Å². The molecule has 0 aliphatic rings. The second kappa shape index (κ2) is 6.30. The van der Waals surface area contributed by atoms with Gasteiger partial charge in [0.1, 0.15) is 5.75 Å². The van der Waals surface area contributed by atoms with Crippen molar-refractivity contribution in [1.29, 1.82) is 0 Å². The average molecular weight is 354 g/mol. The fraction of sp³-hybridized carbons (Fsp3) is 0.333. The Balaban J connectivity index is 2.52. The minimum atomic E-state index is -1.11. The highest BCUT2D eigenvalue weighted by molar-refractivity contribution is 9.10. The Morgan fingerprint density at radius 3 is 2.76 bits per heavy atom. The molecule has 2 aromatic rings. The first-order valence-corrected chi connectivity index (χ1v) is 7.28. The number of aromatic carboxylic acids is 1. The summed E-state index contributed by atoms with van der Waals surface area (Å²) in [6, 6.07) is 5.38. The summed E-state index contributed by atoms with van der Waals surface area (Å²) in [6.07, 6.45) is 0.546. The van der Waals surface area contributed by atoms with Crippen molar-refractivity contribution < 1.29 is 19.1 Å². The topological polar surface area (TPSA) is 72.6 Å². The van der Waals surface area contributed by atoms with Crippen molar-refractivity contribution in [2.24, 2.45) is 5.92 Å². The van der Waals surface area contributed by atoms with E-state index in [0.717, 1.165) is 4.47 Å². The van der Waals surface area contributed by atoms with Crippen LogP contribution in [-0.4, -0.2) is 23.2 Å². The number of benzene rings is 1. The van der Waals surface area contributed by atoms with Crippen LogP contribution in [0.2, 0.25) is 0 Å². The Labute approximate surface area is 131 Å². The predicted octanol–water partition coefficient (Wildman–Crippen LogP) is 4.01. The quantitative estimate of drug-likeness (QED) is 0.878. The smallest absolute Gasteiger partial charge is 0.373 e. The van der Waals surface area contributed by atoms with Crippen LogP contribution < -0.4 is 4.74 Å². The SMILES string of the molecule is COc1cc(Br)ccc1-c1nc(CC(C)C)c(C(=O)O)o1. The number of halogens is 1. The maximum absolute atomic E-state index is 11.3. The number of ether oxygens (including phenoxy) is 1. The van der Waals surface area contributed by atoms with Gasteiger partial charge in [0.25, 0.3) is 0 Å². The number of hydrogen-bond acceptors (Lipinski definition) is 4. The number of carboxylic acids is 1. The first kappa shape index (κ1) is 15.6. The Bertz CT molecular complexity index is 664. The van der Waals surface area contributed by atoms with Crippen molar-refractivity contribution in [2.45, 2.75) is 20.3 Å². The summed E-state index contributed by atoms with van der Waals surface area (Å²) in [5.41, 5.74) is 1.08. The minimum absolute atomic E-state index is 0.108. The molecule has 0 amide bonds. The van der Waals surface area contributed by atoms with E-state index < -0.39 is 5.97 Å². The molecule has 1 aromatic heterocycles. The van der Waals surface area contributed by atoms with Gasteiger partial charge in [-0.25, -0.2) is 9.78 Å². The molecule has 21 heavy (non-hydrogen) atoms. The lowest BCUT2D eigenvalue weighted by atomic mass is 10.1. The predicted molar refractivity (Wildman–Crippen MR) is 81.7 cm³/mol. The minimum Gasteiger partial charge on any atom is -0.496 e. The van der Waals surface area contributed by atoms with Crippen LogP contribution >= 0.6 is 15.9 Å². The number of carbonyl (C=O) groups is 1. The maximum Gasteiger partial charge on any atom is 0.373 e. The lowest BCUT2D eigenvalue weighted by molar-refractivity contribution is 0.0661. The van der Waals surface area contributed by atoms with E-state index in [-0.39, 0.29) is 17.6 Å². The van der Waals surface area contributed by atoms with E-state index in [0.29, 0.717) is 23.4 Å². The molecule has 0 saturated carbocycles. The van der Waals surface area contributed by atoms with Crippen molar-refractivity contribution in [3.63, 3.8) is 0 Å². The zero-order valence-corrected chi connectivity index (χ0v) is 13.6. The van der Waals surface area contributed by atoms with Gasteiger partial charge in [-0.2, -0.15) is 0 Å². The van der Waals surface area contributed by atoms with Crippen molar-refractivity contribution in [2.75, 3.05) is 7.11 Å². The number of rotatable bonds is 5. The van der Waals surface area contributed by atoms with Gasteiger partial charge in [-0.05, 0) is 30.5 Å². The second-order valence-electron chi connectivity index (χ2n) is 5.04. The number of hydrogen-bond donors (Lipinski definition) is 1. The van der Waals surface area contributed by atoms with Crippen LogP contribution in [0.15, 0.2) is 27.1 Å². The molecule has 0 saturated heterocycles. The molecule has 0 spiro atoms. The van der Waals surface area contributed by atoms with E-state index in [1.54, 1.807) is 19.2 Å². The molecular formula is C15H16BrNO4. The number of nitrogens with zero attached hydrogens (tertiary/aromatic N) is 1. The standard InChI is InChI=1S/C15H16BrNO4/c1-8(2)6-11-13(15(18)19)21-14(17-11)10-5-4-9(16)7-12(10)20-3/h4-5,7-8H,6H2,1-3H3,(H,18,19). The van der Waals surface area contributed by atoms with Crippen molar-refractivity contribution >= 4 is 21.9 Å². The molecule has 1 aromatic carbocycles. The first-order chi connectivity index (χ1) is 9.92. The van der Waals surface area contributed by atoms with Gasteiger partial charge in [0.15, 0.2) is 0 Å². The average Bonchev–Trinajstić information content (AvgIpc) is 2.81. The van der Waals surface area contributed by atoms with Gasteiger partial charge in [-0.1, -0.05) is 29.8 Å². The van der Waals surface area contributed by atoms with Crippen molar-refractivity contribution in [3.05, 3.63) is 34.1 Å². The lowest BCUT2D eigenvalue weighted by Gasteiger charge is -2.05. The van der Waals surface area contributed by atoms with Gasteiger partial charge in [0.05, 0.1) is 18.4 Å². The van der Waals surface area contributed by atoms with Gasteiger partial charge in [-0.3, -0.25) is 0 Å². The third-order valence-corrected chi connectivity index (χ3v) is 3.38. The van der Waals surface area contributed by atoms with Crippen LogP contribution in [0, 0.1) is 5.92 Å². The molecule has 0 aliphatic carbocycles. The first-order valence-electron chi connectivity index (χ1n) is 6.49. The van der Waals surface area contributed by atoms with Crippen LogP contribution in [0.3, 0.4) is 0 Å². The van der Waals surface area contributed by atoms with Gasteiger partial charge in [0.2, 0.25) is 11.7 Å². The van der Waals surface area contributed by atoms with Crippen LogP contribution in [0.4, 0.5) is 0 Å². The van der Waals surface area contributed by atoms with Gasteiger partial charge in [-0.15, -0.1) is 0 Å². The summed E-state index contributed by atoms with van der Waals surface area (Å²) in [7, 11) is 1.54. The Morgan fingerprint density at radius 2 is 2.19 bits per heavy atom. The molecule has 0 unspecified atom stereocenters. The van der Waals surface area contributed by atoms with Crippen LogP contribution in [0.1, 0.15) is 30.1 Å². The molecule has 1 heterocycles. The molecule has 112 valence electrons. The fourth-order valence-corrected chi connectivity index (χ4v) is 2.34. The van der Waals surface area contributed by atoms with E-state index in [4.69, 9.17) is 9.15 Å². The molecule has 1 N–H and O–H groups in total. The van der Waals surface area contributed by atoms with E-state index in [2.05, 4.69) is 20.9 Å². The summed E-state index contributed by atoms with van der Waals surface area (Å²) in [4.78, 5) is 15.6. The molecule has 6 heteroatoms. The monoisotopic (exact) mass is 353 g/mol. The molecular weight excluding hydrogens is 338 g/mol.